The lowest BCUT2D eigenvalue weighted by Gasteiger charge is -2.29. The number of rotatable bonds is 1. The summed E-state index contributed by atoms with van der Waals surface area (Å²) in [6.07, 6.45) is 5.10. The van der Waals surface area contributed by atoms with E-state index in [0.29, 0.717) is 0 Å². The Hall–Kier alpha value is -2.11. The van der Waals surface area contributed by atoms with E-state index in [0.717, 1.165) is 0 Å². The summed E-state index contributed by atoms with van der Waals surface area (Å²) in [6, 6.07) is 0. The topological polar surface area (TPSA) is 81.7 Å². The number of hydrogen-bond donors (Lipinski definition) is 1. The summed E-state index contributed by atoms with van der Waals surface area (Å²) in [5, 5.41) is 2.15. The molecule has 0 aromatic rings. The molecule has 102 valence electrons. The van der Waals surface area contributed by atoms with Crippen molar-refractivity contribution in [3.8, 4) is 0 Å². The first-order chi connectivity index (χ1) is 8.74. The standard InChI is InChI=1S/C13H15NO5/c1-12(2,3)18-11(17)19-13-7-5-4-6-8(13)9(15)14-10(13)16/h4-8H,1-3H3,(H,14,15,16). The van der Waals surface area contributed by atoms with Crippen LogP contribution in [0.3, 0.4) is 0 Å². The second-order valence-electron chi connectivity index (χ2n) is 5.40. The molecule has 2 unspecified atom stereocenters. The number of amides is 2. The van der Waals surface area contributed by atoms with Gasteiger partial charge in [0.2, 0.25) is 11.5 Å². The summed E-state index contributed by atoms with van der Waals surface area (Å²) in [4.78, 5) is 35.3. The van der Waals surface area contributed by atoms with Crippen molar-refractivity contribution in [1.29, 1.82) is 0 Å². The van der Waals surface area contributed by atoms with E-state index in [1.807, 2.05) is 0 Å². The lowest BCUT2D eigenvalue weighted by Crippen LogP contribution is -2.46. The highest BCUT2D eigenvalue weighted by atomic mass is 16.7. The third kappa shape index (κ3) is 2.38. The molecule has 6 nitrogen and oxygen atoms in total. The van der Waals surface area contributed by atoms with Gasteiger partial charge in [-0.15, -0.1) is 0 Å². The van der Waals surface area contributed by atoms with Gasteiger partial charge in [0.05, 0.1) is 0 Å². The Morgan fingerprint density at radius 1 is 1.32 bits per heavy atom. The summed E-state index contributed by atoms with van der Waals surface area (Å²) in [5.41, 5.74) is -2.37. The van der Waals surface area contributed by atoms with E-state index in [9.17, 15) is 14.4 Å². The molecule has 0 aromatic heterocycles. The van der Waals surface area contributed by atoms with E-state index in [-0.39, 0.29) is 0 Å². The summed E-state index contributed by atoms with van der Waals surface area (Å²) in [7, 11) is 0. The van der Waals surface area contributed by atoms with Crippen molar-refractivity contribution in [1.82, 2.24) is 5.32 Å². The quantitative estimate of drug-likeness (QED) is 0.566. The molecule has 2 atom stereocenters. The highest BCUT2D eigenvalue weighted by Crippen LogP contribution is 2.34. The first-order valence-electron chi connectivity index (χ1n) is 5.88. The first kappa shape index (κ1) is 13.3. The zero-order chi connectivity index (χ0) is 14.3. The van der Waals surface area contributed by atoms with Crippen LogP contribution < -0.4 is 5.32 Å². The average Bonchev–Trinajstić information content (AvgIpc) is 2.49. The Bertz CT molecular complexity index is 500. The molecule has 0 bridgehead atoms. The molecular weight excluding hydrogens is 250 g/mol. The number of allylic oxidation sites excluding steroid dienone is 2. The monoisotopic (exact) mass is 265 g/mol. The van der Waals surface area contributed by atoms with Crippen LogP contribution in [0.5, 0.6) is 0 Å². The van der Waals surface area contributed by atoms with Crippen LogP contribution in [0, 0.1) is 5.92 Å². The second kappa shape index (κ2) is 4.22. The normalized spacial score (nSPS) is 28.9. The van der Waals surface area contributed by atoms with Crippen molar-refractivity contribution in [3.05, 3.63) is 24.3 Å². The Morgan fingerprint density at radius 3 is 2.63 bits per heavy atom. The molecule has 0 spiro atoms. The number of fused-ring (bicyclic) bond motifs is 1. The SMILES string of the molecule is CC(C)(C)OC(=O)OC12C=CC=CC1C(=O)NC2=O. The van der Waals surface area contributed by atoms with Crippen LogP contribution in [-0.2, 0) is 19.1 Å². The fraction of sp³-hybridized carbons (Fsp3) is 0.462. The van der Waals surface area contributed by atoms with Gasteiger partial charge in [-0.25, -0.2) is 4.79 Å². The molecule has 0 aromatic carbocycles. The molecule has 1 heterocycles. The van der Waals surface area contributed by atoms with Gasteiger partial charge in [0.1, 0.15) is 11.5 Å². The fourth-order valence-electron chi connectivity index (χ4n) is 1.96. The molecule has 2 amide bonds. The van der Waals surface area contributed by atoms with Crippen molar-refractivity contribution < 1.29 is 23.9 Å². The summed E-state index contributed by atoms with van der Waals surface area (Å²) in [6.45, 7) is 5.04. The van der Waals surface area contributed by atoms with Crippen molar-refractivity contribution in [2.75, 3.05) is 0 Å². The molecule has 2 rings (SSSR count). The minimum absolute atomic E-state index is 0.492. The van der Waals surface area contributed by atoms with Crippen LogP contribution in [0.25, 0.3) is 0 Å². The third-order valence-electron chi connectivity index (χ3n) is 2.74. The van der Waals surface area contributed by atoms with E-state index in [1.54, 1.807) is 32.9 Å². The van der Waals surface area contributed by atoms with Crippen LogP contribution in [0.2, 0.25) is 0 Å². The first-order valence-corrected chi connectivity index (χ1v) is 5.88. The fourth-order valence-corrected chi connectivity index (χ4v) is 1.96. The van der Waals surface area contributed by atoms with Gasteiger partial charge in [-0.1, -0.05) is 18.2 Å². The van der Waals surface area contributed by atoms with Crippen LogP contribution in [0.1, 0.15) is 20.8 Å². The average molecular weight is 265 g/mol. The van der Waals surface area contributed by atoms with Gasteiger partial charge < -0.3 is 9.47 Å². The van der Waals surface area contributed by atoms with Crippen LogP contribution >= 0.6 is 0 Å². The van der Waals surface area contributed by atoms with Gasteiger partial charge in [-0.05, 0) is 26.8 Å². The van der Waals surface area contributed by atoms with Crippen LogP contribution in [0.4, 0.5) is 4.79 Å². The number of hydrogen-bond acceptors (Lipinski definition) is 5. The van der Waals surface area contributed by atoms with Crippen molar-refractivity contribution in [2.45, 2.75) is 32.0 Å². The zero-order valence-electron chi connectivity index (χ0n) is 10.9. The molecule has 2 aliphatic rings. The van der Waals surface area contributed by atoms with Gasteiger partial charge in [0.15, 0.2) is 0 Å². The largest absolute Gasteiger partial charge is 0.510 e. The van der Waals surface area contributed by atoms with Gasteiger partial charge in [-0.2, -0.15) is 0 Å². The van der Waals surface area contributed by atoms with Gasteiger partial charge >= 0.3 is 6.16 Å². The van der Waals surface area contributed by atoms with Crippen LogP contribution in [-0.4, -0.2) is 29.2 Å². The van der Waals surface area contributed by atoms with Crippen molar-refractivity contribution in [2.24, 2.45) is 5.92 Å². The second-order valence-corrected chi connectivity index (χ2v) is 5.40. The number of imide groups is 1. The minimum Gasteiger partial charge on any atom is -0.429 e. The molecule has 1 N–H and O–H groups in total. The van der Waals surface area contributed by atoms with Gasteiger partial charge in [0, 0.05) is 0 Å². The maximum absolute atomic E-state index is 11.9. The molecular formula is C13H15NO5. The maximum Gasteiger partial charge on any atom is 0.510 e. The maximum atomic E-state index is 11.9. The molecule has 6 heteroatoms. The van der Waals surface area contributed by atoms with E-state index < -0.39 is 35.1 Å². The lowest BCUT2D eigenvalue weighted by atomic mass is 9.86. The highest BCUT2D eigenvalue weighted by molar-refractivity contribution is 6.12. The molecule has 1 aliphatic heterocycles. The Kier molecular flexibility index (Phi) is 2.96. The number of carbonyl (C=O) groups excluding carboxylic acids is 3. The minimum atomic E-state index is -1.63. The molecule has 1 aliphatic carbocycles. The Labute approximate surface area is 110 Å². The molecule has 0 radical (unpaired) electrons. The van der Waals surface area contributed by atoms with E-state index in [2.05, 4.69) is 5.32 Å². The van der Waals surface area contributed by atoms with E-state index >= 15 is 0 Å². The predicted octanol–water partition coefficient (Wildman–Crippen LogP) is 1.08. The van der Waals surface area contributed by atoms with Crippen molar-refractivity contribution >= 4 is 18.0 Å². The number of nitrogens with one attached hydrogen (secondary N) is 1. The van der Waals surface area contributed by atoms with Gasteiger partial charge in [-0.3, -0.25) is 14.9 Å². The summed E-state index contributed by atoms with van der Waals surface area (Å²) >= 11 is 0. The highest BCUT2D eigenvalue weighted by Gasteiger charge is 2.57. The zero-order valence-corrected chi connectivity index (χ0v) is 10.9. The van der Waals surface area contributed by atoms with E-state index in [1.165, 1.54) is 12.2 Å². The Morgan fingerprint density at radius 2 is 2.00 bits per heavy atom. The third-order valence-corrected chi connectivity index (χ3v) is 2.74. The van der Waals surface area contributed by atoms with E-state index in [4.69, 9.17) is 9.47 Å². The summed E-state index contributed by atoms with van der Waals surface area (Å²) in [5.74, 6) is -2.00. The molecule has 0 saturated carbocycles. The molecule has 1 fully saturated rings. The van der Waals surface area contributed by atoms with Gasteiger partial charge in [0.25, 0.3) is 5.91 Å². The summed E-state index contributed by atoms with van der Waals surface area (Å²) < 4.78 is 10.1. The Balaban J connectivity index is 2.23. The lowest BCUT2D eigenvalue weighted by molar-refractivity contribution is -0.137. The smallest absolute Gasteiger partial charge is 0.429 e. The number of ether oxygens (including phenoxy) is 2. The van der Waals surface area contributed by atoms with Crippen LogP contribution in [0.15, 0.2) is 24.3 Å². The molecule has 1 saturated heterocycles. The molecule has 19 heavy (non-hydrogen) atoms. The van der Waals surface area contributed by atoms with Crippen molar-refractivity contribution in [3.63, 3.8) is 0 Å². The predicted molar refractivity (Wildman–Crippen MR) is 65.0 cm³/mol. The number of carbonyl (C=O) groups is 3.